The number of hydrogen-bond donors (Lipinski definition) is 0. The maximum absolute atomic E-state index is 12.6. The third-order valence-electron chi connectivity index (χ3n) is 5.25. The van der Waals surface area contributed by atoms with Crippen molar-refractivity contribution in [2.24, 2.45) is 0 Å². The summed E-state index contributed by atoms with van der Waals surface area (Å²) < 4.78 is 11.8. The minimum atomic E-state index is 0.0475. The van der Waals surface area contributed by atoms with Crippen molar-refractivity contribution in [2.45, 2.75) is 25.4 Å². The number of hydrogen-bond acceptors (Lipinski definition) is 4. The Bertz CT molecular complexity index is 756. The summed E-state index contributed by atoms with van der Waals surface area (Å²) in [5, 5.41) is 0. The number of para-hydroxylation sites is 1. The topological polar surface area (TPSA) is 42.0 Å². The number of amides is 1. The van der Waals surface area contributed by atoms with Crippen LogP contribution in [0.1, 0.15) is 24.0 Å². The van der Waals surface area contributed by atoms with Gasteiger partial charge in [0.05, 0.1) is 12.7 Å². The van der Waals surface area contributed by atoms with Crippen molar-refractivity contribution in [2.75, 3.05) is 46.9 Å². The molecule has 5 heteroatoms. The van der Waals surface area contributed by atoms with Gasteiger partial charge in [0.15, 0.2) is 6.61 Å². The third kappa shape index (κ3) is 6.87. The van der Waals surface area contributed by atoms with Gasteiger partial charge in [-0.3, -0.25) is 4.79 Å². The molecule has 3 rings (SSSR count). The molecule has 1 fully saturated rings. The lowest BCUT2D eigenvalue weighted by Gasteiger charge is -2.32. The molecule has 0 bridgehead atoms. The van der Waals surface area contributed by atoms with Gasteiger partial charge in [0.25, 0.3) is 5.91 Å². The molecule has 0 radical (unpaired) electrons. The number of likely N-dealkylation sites (N-methyl/N-ethyl adjacent to an activating group) is 1. The molecule has 1 saturated heterocycles. The highest BCUT2D eigenvalue weighted by atomic mass is 16.5. The Hall–Kier alpha value is -2.37. The molecule has 0 aliphatic carbocycles. The number of nitrogens with zero attached hydrogens (tertiary/aromatic N) is 2. The van der Waals surface area contributed by atoms with Gasteiger partial charge in [0.1, 0.15) is 5.75 Å². The van der Waals surface area contributed by atoms with E-state index in [0.717, 1.165) is 56.8 Å². The molecule has 0 unspecified atom stereocenters. The molecule has 0 atom stereocenters. The van der Waals surface area contributed by atoms with Crippen molar-refractivity contribution in [3.63, 3.8) is 0 Å². The molecule has 1 aliphatic rings. The lowest BCUT2D eigenvalue weighted by Crippen LogP contribution is -2.43. The molecular weight excluding hydrogens is 364 g/mol. The molecule has 5 nitrogen and oxygen atoms in total. The molecule has 156 valence electrons. The minimum absolute atomic E-state index is 0.0475. The first-order chi connectivity index (χ1) is 14.1. The van der Waals surface area contributed by atoms with Gasteiger partial charge in [-0.1, -0.05) is 48.5 Å². The SMILES string of the molecule is CN(C)CCOC1CCN(C(=O)COc2ccccc2Cc2ccccc2)CC1. The van der Waals surface area contributed by atoms with Gasteiger partial charge in [0.2, 0.25) is 0 Å². The second kappa shape index (κ2) is 11.0. The first kappa shape index (κ1) is 21.3. The van der Waals surface area contributed by atoms with Crippen LogP contribution < -0.4 is 4.74 Å². The zero-order valence-electron chi connectivity index (χ0n) is 17.5. The van der Waals surface area contributed by atoms with E-state index in [1.54, 1.807) is 0 Å². The zero-order chi connectivity index (χ0) is 20.5. The van der Waals surface area contributed by atoms with Crippen molar-refractivity contribution in [3.05, 3.63) is 65.7 Å². The fourth-order valence-corrected chi connectivity index (χ4v) is 3.51. The summed E-state index contributed by atoms with van der Waals surface area (Å²) in [7, 11) is 4.09. The maximum Gasteiger partial charge on any atom is 0.260 e. The number of likely N-dealkylation sites (tertiary alicyclic amines) is 1. The molecule has 0 aromatic heterocycles. The molecule has 0 spiro atoms. The quantitative estimate of drug-likeness (QED) is 0.653. The smallest absolute Gasteiger partial charge is 0.260 e. The number of benzene rings is 2. The second-order valence-corrected chi connectivity index (χ2v) is 7.81. The van der Waals surface area contributed by atoms with E-state index in [2.05, 4.69) is 23.1 Å². The summed E-state index contributed by atoms with van der Waals surface area (Å²) in [6.07, 6.45) is 2.83. The maximum atomic E-state index is 12.6. The molecule has 1 aliphatic heterocycles. The lowest BCUT2D eigenvalue weighted by molar-refractivity contribution is -0.136. The van der Waals surface area contributed by atoms with Crippen LogP contribution in [0, 0.1) is 0 Å². The monoisotopic (exact) mass is 396 g/mol. The summed E-state index contributed by atoms with van der Waals surface area (Å²) >= 11 is 0. The van der Waals surface area contributed by atoms with E-state index in [9.17, 15) is 4.79 Å². The Morgan fingerprint density at radius 3 is 2.45 bits per heavy atom. The van der Waals surface area contributed by atoms with E-state index in [1.807, 2.05) is 55.4 Å². The number of ether oxygens (including phenoxy) is 2. The van der Waals surface area contributed by atoms with Crippen LogP contribution in [0.15, 0.2) is 54.6 Å². The van der Waals surface area contributed by atoms with E-state index >= 15 is 0 Å². The molecular formula is C24H32N2O3. The van der Waals surface area contributed by atoms with Crippen LogP contribution in [-0.4, -0.2) is 68.8 Å². The van der Waals surface area contributed by atoms with Crippen LogP contribution in [0.3, 0.4) is 0 Å². The van der Waals surface area contributed by atoms with Crippen LogP contribution in [0.25, 0.3) is 0 Å². The van der Waals surface area contributed by atoms with E-state index in [4.69, 9.17) is 9.47 Å². The Labute approximate surface area is 174 Å². The predicted molar refractivity (Wildman–Crippen MR) is 115 cm³/mol. The predicted octanol–water partition coefficient (Wildman–Crippen LogP) is 3.23. The van der Waals surface area contributed by atoms with Crippen LogP contribution in [0.4, 0.5) is 0 Å². The summed E-state index contributed by atoms with van der Waals surface area (Å²) in [5.74, 6) is 0.831. The van der Waals surface area contributed by atoms with E-state index < -0.39 is 0 Å². The Morgan fingerprint density at radius 2 is 1.72 bits per heavy atom. The molecule has 0 N–H and O–H groups in total. The van der Waals surface area contributed by atoms with Gasteiger partial charge < -0.3 is 19.3 Å². The van der Waals surface area contributed by atoms with Crippen LogP contribution in [-0.2, 0) is 16.0 Å². The molecule has 0 saturated carbocycles. The normalized spacial score (nSPS) is 14.9. The molecule has 1 heterocycles. The Kier molecular flexibility index (Phi) is 8.08. The highest BCUT2D eigenvalue weighted by molar-refractivity contribution is 5.77. The van der Waals surface area contributed by atoms with Crippen LogP contribution in [0.2, 0.25) is 0 Å². The standard InChI is InChI=1S/C24H32N2O3/c1-25(2)16-17-28-22-12-14-26(15-13-22)24(27)19-29-23-11-7-6-10-21(23)18-20-8-4-3-5-9-20/h3-11,22H,12-19H2,1-2H3. The van der Waals surface area contributed by atoms with Crippen molar-refractivity contribution in [1.29, 1.82) is 0 Å². The van der Waals surface area contributed by atoms with Crippen LogP contribution in [0.5, 0.6) is 5.75 Å². The van der Waals surface area contributed by atoms with E-state index in [0.29, 0.717) is 0 Å². The summed E-state index contributed by atoms with van der Waals surface area (Å²) in [4.78, 5) is 16.6. The lowest BCUT2D eigenvalue weighted by atomic mass is 10.0. The van der Waals surface area contributed by atoms with Gasteiger partial charge in [0, 0.05) is 26.1 Å². The summed E-state index contributed by atoms with van der Waals surface area (Å²) in [6, 6.07) is 18.3. The van der Waals surface area contributed by atoms with Gasteiger partial charge in [-0.15, -0.1) is 0 Å². The number of piperidine rings is 1. The molecule has 2 aromatic rings. The minimum Gasteiger partial charge on any atom is -0.483 e. The van der Waals surface area contributed by atoms with Crippen molar-refractivity contribution >= 4 is 5.91 Å². The summed E-state index contributed by atoms with van der Waals surface area (Å²) in [6.45, 7) is 3.22. The third-order valence-corrected chi connectivity index (χ3v) is 5.25. The summed E-state index contributed by atoms with van der Waals surface area (Å²) in [5.41, 5.74) is 2.32. The first-order valence-corrected chi connectivity index (χ1v) is 10.4. The van der Waals surface area contributed by atoms with Crippen molar-refractivity contribution in [1.82, 2.24) is 9.80 Å². The van der Waals surface area contributed by atoms with E-state index in [1.165, 1.54) is 5.56 Å². The largest absolute Gasteiger partial charge is 0.483 e. The Morgan fingerprint density at radius 1 is 1.03 bits per heavy atom. The average molecular weight is 397 g/mol. The second-order valence-electron chi connectivity index (χ2n) is 7.81. The Balaban J connectivity index is 1.45. The molecule has 2 aromatic carbocycles. The van der Waals surface area contributed by atoms with E-state index in [-0.39, 0.29) is 18.6 Å². The number of carbonyl (C=O) groups excluding carboxylic acids is 1. The fraction of sp³-hybridized carbons (Fsp3) is 0.458. The van der Waals surface area contributed by atoms with Gasteiger partial charge in [-0.25, -0.2) is 0 Å². The highest BCUT2D eigenvalue weighted by Crippen LogP contribution is 2.22. The van der Waals surface area contributed by atoms with Crippen molar-refractivity contribution in [3.8, 4) is 5.75 Å². The number of rotatable bonds is 9. The van der Waals surface area contributed by atoms with Gasteiger partial charge in [-0.2, -0.15) is 0 Å². The highest BCUT2D eigenvalue weighted by Gasteiger charge is 2.23. The molecule has 1 amide bonds. The number of carbonyl (C=O) groups is 1. The average Bonchev–Trinajstić information content (AvgIpc) is 2.74. The fourth-order valence-electron chi connectivity index (χ4n) is 3.51. The first-order valence-electron chi connectivity index (χ1n) is 10.4. The molecule has 29 heavy (non-hydrogen) atoms. The van der Waals surface area contributed by atoms with Gasteiger partial charge >= 0.3 is 0 Å². The van der Waals surface area contributed by atoms with Crippen LogP contribution >= 0.6 is 0 Å². The van der Waals surface area contributed by atoms with Crippen molar-refractivity contribution < 1.29 is 14.3 Å². The van der Waals surface area contributed by atoms with Gasteiger partial charge in [-0.05, 0) is 44.1 Å². The zero-order valence-corrected chi connectivity index (χ0v) is 17.5.